The van der Waals surface area contributed by atoms with Crippen molar-refractivity contribution in [2.24, 2.45) is 34.0 Å². The lowest BCUT2D eigenvalue weighted by Gasteiger charge is -2.66. The monoisotopic (exact) mass is 696 g/mol. The SMILES string of the molecule is CC12C=CC(=O)C=C1C(F)CC1C3(C)CC(CN(O)Cc4ccc(Cl)cc4)C(C(=O)CSc4nc5ccccc5o4)C3(C)CC(O)C12F. The first-order valence-electron chi connectivity index (χ1n) is 16.4. The third-order valence-electron chi connectivity index (χ3n) is 12.3. The summed E-state index contributed by atoms with van der Waals surface area (Å²) in [7, 11) is 0. The largest absolute Gasteiger partial charge is 0.431 e. The molecule has 1 aromatic heterocycles. The number of para-hydroxylation sites is 2. The van der Waals surface area contributed by atoms with E-state index < -0.39 is 57.7 Å². The second-order valence-corrected chi connectivity index (χ2v) is 16.1. The van der Waals surface area contributed by atoms with Crippen LogP contribution >= 0.6 is 23.4 Å². The van der Waals surface area contributed by atoms with Crippen LogP contribution in [0.15, 0.2) is 82.0 Å². The normalized spacial score (nSPS) is 37.3. The summed E-state index contributed by atoms with van der Waals surface area (Å²) in [4.78, 5) is 31.2. The molecule has 7 nitrogen and oxygen atoms in total. The molecule has 9 atom stereocenters. The number of Topliss-reactive ketones (excluding diaryl/α,β-unsaturated/α-hetero) is 1. The van der Waals surface area contributed by atoms with Gasteiger partial charge in [-0.15, -0.1) is 0 Å². The molecule has 7 rings (SSSR count). The summed E-state index contributed by atoms with van der Waals surface area (Å²) in [6, 6.07) is 14.4. The van der Waals surface area contributed by atoms with Gasteiger partial charge in [0, 0.05) is 35.4 Å². The van der Waals surface area contributed by atoms with Gasteiger partial charge in [0.2, 0.25) is 0 Å². The lowest BCUT2D eigenvalue weighted by molar-refractivity contribution is -0.232. The zero-order valence-corrected chi connectivity index (χ0v) is 28.6. The van der Waals surface area contributed by atoms with Crippen molar-refractivity contribution < 1.29 is 33.1 Å². The Bertz CT molecular complexity index is 1800. The molecule has 2 N–H and O–H groups in total. The molecular formula is C37H39ClF2N2O5S. The fourth-order valence-electron chi connectivity index (χ4n) is 9.91. The number of allylic oxidation sites excluding steroid dienone is 4. The Morgan fingerprint density at radius 1 is 1.12 bits per heavy atom. The third-order valence-corrected chi connectivity index (χ3v) is 13.4. The van der Waals surface area contributed by atoms with Crippen molar-refractivity contribution in [3.8, 4) is 0 Å². The number of nitrogens with zero attached hydrogens (tertiary/aromatic N) is 2. The van der Waals surface area contributed by atoms with Crippen LogP contribution in [0, 0.1) is 34.0 Å². The van der Waals surface area contributed by atoms with Crippen LogP contribution in [0.2, 0.25) is 5.02 Å². The number of hydroxylamine groups is 2. The number of carbonyl (C=O) groups is 2. The summed E-state index contributed by atoms with van der Waals surface area (Å²) in [5.41, 5.74) is -3.54. The summed E-state index contributed by atoms with van der Waals surface area (Å²) < 4.78 is 40.0. The summed E-state index contributed by atoms with van der Waals surface area (Å²) >= 11 is 7.24. The van der Waals surface area contributed by atoms with Crippen molar-refractivity contribution in [1.82, 2.24) is 10.0 Å². The first-order chi connectivity index (χ1) is 22.7. The molecular weight excluding hydrogens is 658 g/mol. The predicted molar refractivity (Wildman–Crippen MR) is 179 cm³/mol. The molecule has 9 unspecified atom stereocenters. The highest BCUT2D eigenvalue weighted by atomic mass is 35.5. The average molecular weight is 697 g/mol. The number of alkyl halides is 2. The molecule has 3 fully saturated rings. The second kappa shape index (κ2) is 11.9. The Kier molecular flexibility index (Phi) is 8.31. The first kappa shape index (κ1) is 33.6. The molecule has 11 heteroatoms. The van der Waals surface area contributed by atoms with Gasteiger partial charge in [0.15, 0.2) is 17.0 Å². The molecule has 0 spiro atoms. The number of benzene rings is 2. The Hall–Kier alpha value is -2.89. The molecule has 4 aliphatic rings. The number of hydrogen-bond acceptors (Lipinski definition) is 8. The zero-order valence-electron chi connectivity index (χ0n) is 27.0. The number of aromatic nitrogens is 1. The molecule has 0 saturated heterocycles. The van der Waals surface area contributed by atoms with E-state index >= 15 is 8.78 Å². The van der Waals surface area contributed by atoms with Gasteiger partial charge in [-0.25, -0.2) is 13.8 Å². The number of thioether (sulfide) groups is 1. The Labute approximate surface area is 287 Å². The van der Waals surface area contributed by atoms with Crippen LogP contribution in [0.3, 0.4) is 0 Å². The fourth-order valence-corrected chi connectivity index (χ4v) is 10.8. The smallest absolute Gasteiger partial charge is 0.257 e. The quantitative estimate of drug-likeness (QED) is 0.184. The molecule has 1 heterocycles. The van der Waals surface area contributed by atoms with Gasteiger partial charge in [0.25, 0.3) is 5.22 Å². The van der Waals surface area contributed by atoms with Crippen LogP contribution < -0.4 is 0 Å². The third kappa shape index (κ3) is 5.04. The molecule has 0 amide bonds. The van der Waals surface area contributed by atoms with E-state index in [1.807, 2.05) is 44.2 Å². The first-order valence-corrected chi connectivity index (χ1v) is 17.7. The van der Waals surface area contributed by atoms with E-state index in [-0.39, 0.29) is 43.0 Å². The van der Waals surface area contributed by atoms with Crippen LogP contribution in [0.4, 0.5) is 8.78 Å². The minimum atomic E-state index is -2.29. The van der Waals surface area contributed by atoms with Crippen molar-refractivity contribution in [3.05, 3.63) is 82.9 Å². The van der Waals surface area contributed by atoms with Crippen molar-refractivity contribution in [1.29, 1.82) is 0 Å². The zero-order chi connectivity index (χ0) is 34.2. The minimum Gasteiger partial charge on any atom is -0.431 e. The number of rotatable bonds is 8. The van der Waals surface area contributed by atoms with Crippen molar-refractivity contribution in [2.75, 3.05) is 12.3 Å². The topological polar surface area (TPSA) is 104 Å². The highest BCUT2D eigenvalue weighted by molar-refractivity contribution is 7.99. The van der Waals surface area contributed by atoms with Gasteiger partial charge in [-0.3, -0.25) is 9.59 Å². The van der Waals surface area contributed by atoms with Crippen molar-refractivity contribution in [2.45, 2.75) is 69.7 Å². The Morgan fingerprint density at radius 3 is 2.58 bits per heavy atom. The number of carbonyl (C=O) groups excluding carboxylic acids is 2. The van der Waals surface area contributed by atoms with Gasteiger partial charge < -0.3 is 14.7 Å². The molecule has 254 valence electrons. The number of aliphatic hydroxyl groups is 1. The Morgan fingerprint density at radius 2 is 1.85 bits per heavy atom. The van der Waals surface area contributed by atoms with Gasteiger partial charge in [0.1, 0.15) is 17.5 Å². The number of aliphatic hydroxyl groups excluding tert-OH is 1. The van der Waals surface area contributed by atoms with E-state index in [2.05, 4.69) is 4.98 Å². The minimum absolute atomic E-state index is 0.0188. The summed E-state index contributed by atoms with van der Waals surface area (Å²) in [5.74, 6) is -2.60. The molecule has 48 heavy (non-hydrogen) atoms. The summed E-state index contributed by atoms with van der Waals surface area (Å²) in [6.07, 6.45) is 0.811. The number of oxazole rings is 1. The number of fused-ring (bicyclic) bond motifs is 6. The fraction of sp³-hybridized carbons (Fsp3) is 0.486. The van der Waals surface area contributed by atoms with Crippen molar-refractivity contribution >= 4 is 46.0 Å². The maximum Gasteiger partial charge on any atom is 0.257 e. The van der Waals surface area contributed by atoms with E-state index in [9.17, 15) is 19.9 Å². The molecule has 3 saturated carbocycles. The standard InChI is InChI=1S/C37H39ClF2N2O5S/c1-34-13-12-24(43)14-25(34)26(39)15-30-35(2)16-22(19-42(46)18-21-8-10-23(38)11-9-21)32(36(35,3)17-31(45)37(30,34)40)28(44)20-48-33-41-27-6-4-5-7-29(27)47-33/h4-14,22,26,30-32,45-46H,15-20H2,1-3H3. The van der Waals surface area contributed by atoms with E-state index in [1.165, 1.54) is 35.1 Å². The van der Waals surface area contributed by atoms with E-state index in [1.54, 1.807) is 25.1 Å². The summed E-state index contributed by atoms with van der Waals surface area (Å²) in [5, 5.41) is 25.2. The maximum atomic E-state index is 18.0. The van der Waals surface area contributed by atoms with Gasteiger partial charge >= 0.3 is 0 Å². The van der Waals surface area contributed by atoms with Crippen LogP contribution in [0.1, 0.15) is 45.6 Å². The van der Waals surface area contributed by atoms with Crippen LogP contribution in [-0.2, 0) is 16.1 Å². The van der Waals surface area contributed by atoms with Gasteiger partial charge in [0.05, 0.1) is 11.9 Å². The van der Waals surface area contributed by atoms with Gasteiger partial charge in [-0.2, -0.15) is 5.06 Å². The van der Waals surface area contributed by atoms with Crippen molar-refractivity contribution in [3.63, 3.8) is 0 Å². The molecule has 0 radical (unpaired) electrons. The molecule has 0 aliphatic heterocycles. The van der Waals surface area contributed by atoms with E-state index in [0.717, 1.165) is 5.56 Å². The van der Waals surface area contributed by atoms with Crippen LogP contribution in [0.25, 0.3) is 11.1 Å². The molecule has 4 aliphatic carbocycles. The van der Waals surface area contributed by atoms with E-state index in [0.29, 0.717) is 27.8 Å². The Balaban J connectivity index is 1.24. The molecule has 0 bridgehead atoms. The highest BCUT2D eigenvalue weighted by Crippen LogP contribution is 2.75. The number of halogens is 3. The predicted octanol–water partition coefficient (Wildman–Crippen LogP) is 7.59. The van der Waals surface area contributed by atoms with Crippen LogP contribution in [0.5, 0.6) is 0 Å². The van der Waals surface area contributed by atoms with Crippen LogP contribution in [-0.4, -0.2) is 62.2 Å². The second-order valence-electron chi connectivity index (χ2n) is 14.7. The number of hydrogen-bond donors (Lipinski definition) is 2. The van der Waals surface area contributed by atoms with E-state index in [4.69, 9.17) is 16.0 Å². The average Bonchev–Trinajstić information content (AvgIpc) is 3.55. The highest BCUT2D eigenvalue weighted by Gasteiger charge is 2.77. The summed E-state index contributed by atoms with van der Waals surface area (Å²) in [6.45, 7) is 5.70. The van der Waals surface area contributed by atoms with Gasteiger partial charge in [-0.05, 0) is 90.5 Å². The lowest BCUT2D eigenvalue weighted by Crippen LogP contribution is -2.71. The number of ketones is 2. The maximum absolute atomic E-state index is 18.0. The lowest BCUT2D eigenvalue weighted by atomic mass is 9.40. The molecule has 2 aromatic carbocycles. The molecule has 3 aromatic rings. The van der Waals surface area contributed by atoms with Gasteiger partial charge in [-0.1, -0.05) is 67.6 Å².